The molecule has 0 spiro atoms. The van der Waals surface area contributed by atoms with Crippen LogP contribution in [0.5, 0.6) is 0 Å². The Bertz CT molecular complexity index is 458. The summed E-state index contributed by atoms with van der Waals surface area (Å²) < 4.78 is 0. The smallest absolute Gasteiger partial charge is 0.0111 e. The fourth-order valence-corrected chi connectivity index (χ4v) is 1.83. The molecular weight excluding hydrogens is 199 g/mol. The van der Waals surface area contributed by atoms with E-state index in [9.17, 15) is 0 Å². The quantitative estimate of drug-likeness (QED) is 0.654. The lowest BCUT2D eigenvalue weighted by atomic mass is 10.00. The van der Waals surface area contributed by atoms with Crippen molar-refractivity contribution in [1.82, 2.24) is 0 Å². The molecule has 0 saturated heterocycles. The average Bonchev–Trinajstić information content (AvgIpc) is 2.31. The summed E-state index contributed by atoms with van der Waals surface area (Å²) >= 11 is 0. The molecule has 0 amide bonds. The van der Waals surface area contributed by atoms with Crippen molar-refractivity contribution < 1.29 is 0 Å². The van der Waals surface area contributed by atoms with E-state index in [-0.39, 0.29) is 0 Å². The number of hydrogen-bond acceptors (Lipinski definition) is 0. The maximum absolute atomic E-state index is 2.61. The number of rotatable bonds is 2. The first-order valence-electron chi connectivity index (χ1n) is 4.94. The van der Waals surface area contributed by atoms with Gasteiger partial charge in [-0.2, -0.15) is 0 Å². The summed E-state index contributed by atoms with van der Waals surface area (Å²) in [5.41, 5.74) is 3.78. The Labute approximate surface area is 92.9 Å². The van der Waals surface area contributed by atoms with Crippen molar-refractivity contribution in [3.05, 3.63) is 66.0 Å². The third kappa shape index (κ3) is 2.34. The van der Waals surface area contributed by atoms with Crippen molar-refractivity contribution in [2.45, 2.75) is 0 Å². The number of hydrogen-bond donors (Lipinski definition) is 0. The zero-order valence-corrected chi connectivity index (χ0v) is 9.58. The van der Waals surface area contributed by atoms with Crippen molar-refractivity contribution in [2.24, 2.45) is 0 Å². The second-order valence-corrected chi connectivity index (χ2v) is 3.70. The Balaban J connectivity index is 2.53. The van der Waals surface area contributed by atoms with Crippen LogP contribution in [0, 0.1) is 0 Å². The summed E-state index contributed by atoms with van der Waals surface area (Å²) in [4.78, 5) is 0. The molecule has 0 fully saturated rings. The van der Waals surface area contributed by atoms with Crippen molar-refractivity contribution in [2.75, 3.05) is 0 Å². The lowest BCUT2D eigenvalue weighted by molar-refractivity contribution is 1.59. The lowest BCUT2D eigenvalue weighted by Crippen LogP contribution is -1.81. The largest absolute Gasteiger partial charge is 0.114 e. The SMILES string of the molecule is PC=Cc1ccccc1-c1ccccc1. The first kappa shape index (κ1) is 10.1. The molecule has 15 heavy (non-hydrogen) atoms. The minimum absolute atomic E-state index is 1.25. The van der Waals surface area contributed by atoms with Crippen LogP contribution in [0.3, 0.4) is 0 Å². The molecule has 2 aromatic rings. The summed E-state index contributed by atoms with van der Waals surface area (Å²) in [6.45, 7) is 0. The molecular formula is C14H13P. The Morgan fingerprint density at radius 1 is 0.800 bits per heavy atom. The van der Waals surface area contributed by atoms with E-state index in [4.69, 9.17) is 0 Å². The van der Waals surface area contributed by atoms with Gasteiger partial charge < -0.3 is 0 Å². The van der Waals surface area contributed by atoms with Gasteiger partial charge in [0.05, 0.1) is 0 Å². The maximum Gasteiger partial charge on any atom is -0.0111 e. The van der Waals surface area contributed by atoms with Crippen LogP contribution in [0.2, 0.25) is 0 Å². The highest BCUT2D eigenvalue weighted by atomic mass is 31.0. The van der Waals surface area contributed by atoms with E-state index in [1.165, 1.54) is 16.7 Å². The summed E-state index contributed by atoms with van der Waals surface area (Å²) in [7, 11) is 2.61. The van der Waals surface area contributed by atoms with Gasteiger partial charge in [0.2, 0.25) is 0 Å². The molecule has 1 atom stereocenters. The zero-order valence-electron chi connectivity index (χ0n) is 8.43. The highest BCUT2D eigenvalue weighted by Gasteiger charge is 1.99. The topological polar surface area (TPSA) is 0 Å². The van der Waals surface area contributed by atoms with Gasteiger partial charge in [0.1, 0.15) is 0 Å². The van der Waals surface area contributed by atoms with E-state index < -0.39 is 0 Å². The summed E-state index contributed by atoms with van der Waals surface area (Å²) in [6.07, 6.45) is 2.10. The molecule has 74 valence electrons. The molecule has 0 nitrogen and oxygen atoms in total. The minimum Gasteiger partial charge on any atom is -0.114 e. The van der Waals surface area contributed by atoms with Gasteiger partial charge in [0.25, 0.3) is 0 Å². The van der Waals surface area contributed by atoms with Crippen LogP contribution < -0.4 is 0 Å². The molecule has 0 aromatic heterocycles. The fraction of sp³-hybridized carbons (Fsp3) is 0. The van der Waals surface area contributed by atoms with E-state index in [1.54, 1.807) is 0 Å². The highest BCUT2D eigenvalue weighted by molar-refractivity contribution is 7.21. The Hall–Kier alpha value is -1.39. The molecule has 0 radical (unpaired) electrons. The van der Waals surface area contributed by atoms with Crippen molar-refractivity contribution >= 4 is 15.3 Å². The molecule has 2 aromatic carbocycles. The Kier molecular flexibility index (Phi) is 3.32. The predicted octanol–water partition coefficient (Wildman–Crippen LogP) is 4.20. The summed E-state index contributed by atoms with van der Waals surface area (Å²) in [5.74, 6) is 1.99. The Morgan fingerprint density at radius 3 is 2.20 bits per heavy atom. The van der Waals surface area contributed by atoms with Crippen LogP contribution >= 0.6 is 9.24 Å². The predicted molar refractivity (Wildman–Crippen MR) is 70.6 cm³/mol. The van der Waals surface area contributed by atoms with Crippen LogP contribution in [-0.2, 0) is 0 Å². The second-order valence-electron chi connectivity index (χ2n) is 3.31. The van der Waals surface area contributed by atoms with Crippen LogP contribution in [-0.4, -0.2) is 0 Å². The molecule has 0 bridgehead atoms. The molecule has 0 aliphatic rings. The van der Waals surface area contributed by atoms with E-state index in [0.29, 0.717) is 0 Å². The standard InChI is InChI=1S/C14H13P/c15-11-10-13-8-4-5-9-14(13)12-6-2-1-3-7-12/h1-11H,15H2. The molecule has 0 saturated carbocycles. The van der Waals surface area contributed by atoms with Gasteiger partial charge in [-0.15, -0.1) is 9.24 Å². The molecule has 0 aliphatic carbocycles. The van der Waals surface area contributed by atoms with E-state index in [2.05, 4.69) is 63.8 Å². The lowest BCUT2D eigenvalue weighted by Gasteiger charge is -2.05. The Morgan fingerprint density at radius 2 is 1.47 bits per heavy atom. The molecule has 2 rings (SSSR count). The van der Waals surface area contributed by atoms with Crippen molar-refractivity contribution in [3.8, 4) is 11.1 Å². The molecule has 0 aliphatic heterocycles. The third-order valence-corrected chi connectivity index (χ3v) is 2.51. The van der Waals surface area contributed by atoms with Crippen LogP contribution in [0.4, 0.5) is 0 Å². The van der Waals surface area contributed by atoms with Gasteiger partial charge >= 0.3 is 0 Å². The van der Waals surface area contributed by atoms with Gasteiger partial charge in [-0.05, 0) is 16.7 Å². The van der Waals surface area contributed by atoms with Crippen LogP contribution in [0.25, 0.3) is 17.2 Å². The third-order valence-electron chi connectivity index (χ3n) is 2.32. The average molecular weight is 212 g/mol. The maximum atomic E-state index is 2.61. The minimum atomic E-state index is 1.25. The van der Waals surface area contributed by atoms with Crippen LogP contribution in [0.15, 0.2) is 60.4 Å². The van der Waals surface area contributed by atoms with E-state index in [0.717, 1.165) is 0 Å². The van der Waals surface area contributed by atoms with Crippen molar-refractivity contribution in [3.63, 3.8) is 0 Å². The highest BCUT2D eigenvalue weighted by Crippen LogP contribution is 2.24. The first-order valence-corrected chi connectivity index (χ1v) is 5.61. The van der Waals surface area contributed by atoms with Gasteiger partial charge in [0, 0.05) is 0 Å². The normalized spacial score (nSPS) is 10.7. The first-order chi connectivity index (χ1) is 7.42. The van der Waals surface area contributed by atoms with Gasteiger partial charge in [-0.3, -0.25) is 0 Å². The van der Waals surface area contributed by atoms with Crippen LogP contribution in [0.1, 0.15) is 5.56 Å². The second kappa shape index (κ2) is 4.91. The van der Waals surface area contributed by atoms with Crippen molar-refractivity contribution in [1.29, 1.82) is 0 Å². The zero-order chi connectivity index (χ0) is 10.5. The van der Waals surface area contributed by atoms with E-state index >= 15 is 0 Å². The molecule has 0 N–H and O–H groups in total. The molecule has 0 heterocycles. The number of benzene rings is 2. The van der Waals surface area contributed by atoms with Gasteiger partial charge in [-0.25, -0.2) is 0 Å². The van der Waals surface area contributed by atoms with Gasteiger partial charge in [0.15, 0.2) is 0 Å². The van der Waals surface area contributed by atoms with E-state index in [1.807, 2.05) is 11.9 Å². The summed E-state index contributed by atoms with van der Waals surface area (Å²) in [5, 5.41) is 0. The fourth-order valence-electron chi connectivity index (χ4n) is 1.63. The van der Waals surface area contributed by atoms with Gasteiger partial charge in [-0.1, -0.05) is 66.5 Å². The molecule has 1 unspecified atom stereocenters. The molecule has 1 heteroatoms. The summed E-state index contributed by atoms with van der Waals surface area (Å²) in [6, 6.07) is 18.8. The monoisotopic (exact) mass is 212 g/mol.